The second-order valence-corrected chi connectivity index (χ2v) is 3.51. The number of imidazole rings is 1. The Bertz CT molecular complexity index is 481. The molecule has 0 radical (unpaired) electrons. The molecule has 3 rings (SSSR count). The van der Waals surface area contributed by atoms with Gasteiger partial charge in [-0.05, 0) is 22.8 Å². The Balaban J connectivity index is 2.04. The number of aromatic amines is 1. The Kier molecular flexibility index (Phi) is 1.53. The summed E-state index contributed by atoms with van der Waals surface area (Å²) in [6.07, 6.45) is 6.83. The monoisotopic (exact) mass is 182 g/mol. The third kappa shape index (κ3) is 1.08. The van der Waals surface area contributed by atoms with E-state index in [1.54, 1.807) is 6.33 Å². The van der Waals surface area contributed by atoms with Gasteiger partial charge in [-0.25, -0.2) is 4.98 Å². The van der Waals surface area contributed by atoms with E-state index in [2.05, 4.69) is 40.3 Å². The molecule has 2 nitrogen and oxygen atoms in total. The van der Waals surface area contributed by atoms with E-state index in [0.717, 1.165) is 12.1 Å². The first kappa shape index (κ1) is 7.56. The summed E-state index contributed by atoms with van der Waals surface area (Å²) in [5.74, 6) is 0. The standard InChI is InChI=1S/C12H10N2/c1-2-4-10-6-11(5-9(10)3-1)12-7-13-8-14-12/h1-5,7-8H,6H2,(H,13,14). The highest BCUT2D eigenvalue weighted by molar-refractivity contribution is 5.87. The highest BCUT2D eigenvalue weighted by atomic mass is 14.9. The number of aromatic nitrogens is 2. The Morgan fingerprint density at radius 2 is 2.14 bits per heavy atom. The molecule has 14 heavy (non-hydrogen) atoms. The molecular formula is C12H10N2. The molecule has 0 spiro atoms. The Labute approximate surface area is 82.3 Å². The molecule has 0 atom stereocenters. The van der Waals surface area contributed by atoms with Gasteiger partial charge in [0.15, 0.2) is 0 Å². The molecule has 1 aromatic carbocycles. The summed E-state index contributed by atoms with van der Waals surface area (Å²) in [5.41, 5.74) is 5.18. The normalized spacial score (nSPS) is 13.9. The molecule has 0 aliphatic heterocycles. The van der Waals surface area contributed by atoms with Crippen molar-refractivity contribution in [1.29, 1.82) is 0 Å². The van der Waals surface area contributed by atoms with Gasteiger partial charge in [0.2, 0.25) is 0 Å². The highest BCUT2D eigenvalue weighted by Crippen LogP contribution is 2.29. The summed E-state index contributed by atoms with van der Waals surface area (Å²) < 4.78 is 0. The minimum absolute atomic E-state index is 1.01. The Morgan fingerprint density at radius 1 is 1.21 bits per heavy atom. The van der Waals surface area contributed by atoms with E-state index in [0.29, 0.717) is 0 Å². The number of fused-ring (bicyclic) bond motifs is 1. The molecule has 0 unspecified atom stereocenters. The molecule has 2 heteroatoms. The minimum atomic E-state index is 1.01. The van der Waals surface area contributed by atoms with Gasteiger partial charge in [0.25, 0.3) is 0 Å². The van der Waals surface area contributed by atoms with Crippen LogP contribution in [0.5, 0.6) is 0 Å². The van der Waals surface area contributed by atoms with Gasteiger partial charge in [0.05, 0.1) is 18.2 Å². The summed E-state index contributed by atoms with van der Waals surface area (Å²) in [6, 6.07) is 8.49. The summed E-state index contributed by atoms with van der Waals surface area (Å²) in [5, 5.41) is 0. The lowest BCUT2D eigenvalue weighted by atomic mass is 10.1. The fourth-order valence-electron chi connectivity index (χ4n) is 1.88. The fraction of sp³-hybridized carbons (Fsp3) is 0.0833. The molecule has 1 heterocycles. The SMILES string of the molecule is C1=C(c2cnc[nH]2)Cc2ccccc21. The molecule has 0 amide bonds. The van der Waals surface area contributed by atoms with Crippen LogP contribution >= 0.6 is 0 Å². The van der Waals surface area contributed by atoms with Crippen LogP contribution in [0.2, 0.25) is 0 Å². The van der Waals surface area contributed by atoms with Crippen molar-refractivity contribution in [2.75, 3.05) is 0 Å². The van der Waals surface area contributed by atoms with E-state index in [-0.39, 0.29) is 0 Å². The zero-order chi connectivity index (χ0) is 9.38. The van der Waals surface area contributed by atoms with Crippen molar-refractivity contribution in [3.8, 4) is 0 Å². The molecule has 1 aliphatic rings. The maximum absolute atomic E-state index is 4.03. The number of nitrogens with one attached hydrogen (secondary N) is 1. The Hall–Kier alpha value is -1.83. The van der Waals surface area contributed by atoms with E-state index in [4.69, 9.17) is 0 Å². The second-order valence-electron chi connectivity index (χ2n) is 3.51. The van der Waals surface area contributed by atoms with Crippen LogP contribution in [0.1, 0.15) is 16.8 Å². The second kappa shape index (κ2) is 2.84. The third-order valence-electron chi connectivity index (χ3n) is 2.61. The van der Waals surface area contributed by atoms with Crippen LogP contribution < -0.4 is 0 Å². The molecule has 1 aromatic heterocycles. The van der Waals surface area contributed by atoms with Crippen molar-refractivity contribution < 1.29 is 0 Å². The van der Waals surface area contributed by atoms with Crippen LogP contribution in [0.25, 0.3) is 11.6 Å². The zero-order valence-corrected chi connectivity index (χ0v) is 7.70. The first-order valence-electron chi connectivity index (χ1n) is 4.71. The van der Waals surface area contributed by atoms with Crippen molar-refractivity contribution in [3.05, 3.63) is 53.6 Å². The van der Waals surface area contributed by atoms with E-state index in [1.807, 2.05) is 6.20 Å². The van der Waals surface area contributed by atoms with Gasteiger partial charge in [-0.2, -0.15) is 0 Å². The number of nitrogens with zero attached hydrogens (tertiary/aromatic N) is 1. The van der Waals surface area contributed by atoms with Gasteiger partial charge in [-0.1, -0.05) is 24.3 Å². The lowest BCUT2D eigenvalue weighted by Crippen LogP contribution is -1.84. The van der Waals surface area contributed by atoms with Crippen molar-refractivity contribution >= 4 is 11.6 Å². The van der Waals surface area contributed by atoms with Crippen LogP contribution in [0, 0.1) is 0 Å². The molecule has 1 aliphatic carbocycles. The average Bonchev–Trinajstić information content (AvgIpc) is 2.86. The van der Waals surface area contributed by atoms with Crippen LogP contribution in [0.15, 0.2) is 36.8 Å². The van der Waals surface area contributed by atoms with Gasteiger partial charge in [-0.3, -0.25) is 0 Å². The Morgan fingerprint density at radius 3 is 2.93 bits per heavy atom. The first-order chi connectivity index (χ1) is 6.93. The van der Waals surface area contributed by atoms with Crippen molar-refractivity contribution in [1.82, 2.24) is 9.97 Å². The molecule has 0 bridgehead atoms. The minimum Gasteiger partial charge on any atom is -0.345 e. The summed E-state index contributed by atoms with van der Waals surface area (Å²) in [6.45, 7) is 0. The topological polar surface area (TPSA) is 28.7 Å². The molecule has 0 saturated carbocycles. The molecule has 0 fully saturated rings. The number of benzene rings is 1. The van der Waals surface area contributed by atoms with Crippen molar-refractivity contribution in [2.45, 2.75) is 6.42 Å². The average molecular weight is 182 g/mol. The fourth-order valence-corrected chi connectivity index (χ4v) is 1.88. The van der Waals surface area contributed by atoms with Crippen LogP contribution in [0.3, 0.4) is 0 Å². The van der Waals surface area contributed by atoms with Gasteiger partial charge in [-0.15, -0.1) is 0 Å². The number of hydrogen-bond acceptors (Lipinski definition) is 1. The molecule has 2 aromatic rings. The predicted molar refractivity (Wildman–Crippen MR) is 56.6 cm³/mol. The summed E-state index contributed by atoms with van der Waals surface area (Å²) >= 11 is 0. The van der Waals surface area contributed by atoms with Crippen LogP contribution in [-0.2, 0) is 6.42 Å². The largest absolute Gasteiger partial charge is 0.345 e. The van der Waals surface area contributed by atoms with Crippen molar-refractivity contribution in [2.24, 2.45) is 0 Å². The zero-order valence-electron chi connectivity index (χ0n) is 7.70. The number of rotatable bonds is 1. The number of allylic oxidation sites excluding steroid dienone is 1. The summed E-state index contributed by atoms with van der Waals surface area (Å²) in [7, 11) is 0. The van der Waals surface area contributed by atoms with Gasteiger partial charge < -0.3 is 4.98 Å². The first-order valence-corrected chi connectivity index (χ1v) is 4.71. The van der Waals surface area contributed by atoms with Gasteiger partial charge in [0, 0.05) is 6.42 Å². The van der Waals surface area contributed by atoms with Crippen LogP contribution in [0.4, 0.5) is 0 Å². The predicted octanol–water partition coefficient (Wildman–Crippen LogP) is 2.51. The van der Waals surface area contributed by atoms with Gasteiger partial charge in [0.1, 0.15) is 0 Å². The van der Waals surface area contributed by atoms with E-state index in [1.165, 1.54) is 16.7 Å². The third-order valence-corrected chi connectivity index (χ3v) is 2.61. The van der Waals surface area contributed by atoms with Crippen molar-refractivity contribution in [3.63, 3.8) is 0 Å². The number of hydrogen-bond donors (Lipinski definition) is 1. The quantitative estimate of drug-likeness (QED) is 0.721. The van der Waals surface area contributed by atoms with E-state index >= 15 is 0 Å². The highest BCUT2D eigenvalue weighted by Gasteiger charge is 2.13. The summed E-state index contributed by atoms with van der Waals surface area (Å²) in [4.78, 5) is 7.17. The van der Waals surface area contributed by atoms with E-state index < -0.39 is 0 Å². The maximum atomic E-state index is 4.03. The molecule has 68 valence electrons. The number of H-pyrrole nitrogens is 1. The van der Waals surface area contributed by atoms with Crippen LogP contribution in [-0.4, -0.2) is 9.97 Å². The van der Waals surface area contributed by atoms with E-state index in [9.17, 15) is 0 Å². The maximum Gasteiger partial charge on any atom is 0.0924 e. The van der Waals surface area contributed by atoms with Gasteiger partial charge >= 0.3 is 0 Å². The molecule has 0 saturated heterocycles. The molecular weight excluding hydrogens is 172 g/mol. The smallest absolute Gasteiger partial charge is 0.0924 e. The lowest BCUT2D eigenvalue weighted by Gasteiger charge is -1.96. The molecule has 1 N–H and O–H groups in total. The lowest BCUT2D eigenvalue weighted by molar-refractivity contribution is 1.26.